The number of nitrogens with one attached hydrogen (secondary N) is 1. The lowest BCUT2D eigenvalue weighted by molar-refractivity contribution is 0.0321. The number of methoxy groups -OCH3 is 1. The van der Waals surface area contributed by atoms with Crippen LogP contribution in [0, 0.1) is 0 Å². The minimum absolute atomic E-state index is 0.234. The normalized spacial score (nSPS) is 20.9. The van der Waals surface area contributed by atoms with Crippen LogP contribution < -0.4 is 14.9 Å². The maximum Gasteiger partial charge on any atom is 0.271 e. The third-order valence-electron chi connectivity index (χ3n) is 7.63. The lowest BCUT2D eigenvalue weighted by Crippen LogP contribution is -2.49. The zero-order valence-electron chi connectivity index (χ0n) is 22.3. The summed E-state index contributed by atoms with van der Waals surface area (Å²) in [5.41, 5.74) is 5.25. The Morgan fingerprint density at radius 3 is 2.71 bits per heavy atom. The molecular weight excluding hydrogens is 482 g/mol. The topological polar surface area (TPSA) is 78.9 Å². The van der Waals surface area contributed by atoms with Gasteiger partial charge in [-0.25, -0.2) is 5.43 Å². The molecular formula is C29H39N5O4. The number of carbonyl (C=O) groups is 1. The number of fused-ring (bicyclic) bond motifs is 1. The summed E-state index contributed by atoms with van der Waals surface area (Å²) in [6.07, 6.45) is 4.25. The first kappa shape index (κ1) is 26.6. The van der Waals surface area contributed by atoms with E-state index in [2.05, 4.69) is 25.2 Å². The molecule has 0 radical (unpaired) electrons. The standard InChI is InChI=1S/C29H39N5O4/c1-36-28-19-24(6-9-27(28)38-18-15-32-13-16-37-17-14-32)20-30-31-29(35)25-7-4-23(5-8-25)21-33-11-12-34-10-2-3-26(34)22-33/h4-9,19-20,26H,2-3,10-18,21-22H2,1H3,(H,31,35)/b30-20-. The summed E-state index contributed by atoms with van der Waals surface area (Å²) in [6.45, 7) is 10.5. The minimum Gasteiger partial charge on any atom is -0.493 e. The number of hydrogen-bond acceptors (Lipinski definition) is 8. The fraction of sp³-hybridized carbons (Fsp3) is 0.517. The summed E-state index contributed by atoms with van der Waals surface area (Å²) < 4.78 is 16.8. The number of hydrazone groups is 1. The van der Waals surface area contributed by atoms with Gasteiger partial charge in [-0.3, -0.25) is 19.5 Å². The Kier molecular flexibility index (Phi) is 9.24. The summed E-state index contributed by atoms with van der Waals surface area (Å²) in [7, 11) is 1.62. The average molecular weight is 522 g/mol. The molecule has 9 heteroatoms. The van der Waals surface area contributed by atoms with Crippen molar-refractivity contribution in [1.29, 1.82) is 0 Å². The van der Waals surface area contributed by atoms with E-state index in [-0.39, 0.29) is 5.91 Å². The van der Waals surface area contributed by atoms with Crippen LogP contribution in [0.4, 0.5) is 0 Å². The monoisotopic (exact) mass is 521 g/mol. The first-order valence-electron chi connectivity index (χ1n) is 13.7. The molecule has 1 atom stereocenters. The highest BCUT2D eigenvalue weighted by Crippen LogP contribution is 2.27. The number of hydrogen-bond donors (Lipinski definition) is 1. The Hall–Kier alpha value is -2.98. The van der Waals surface area contributed by atoms with E-state index in [4.69, 9.17) is 14.2 Å². The Bertz CT molecular complexity index is 1090. The molecule has 1 N–H and O–H groups in total. The van der Waals surface area contributed by atoms with E-state index < -0.39 is 0 Å². The van der Waals surface area contributed by atoms with Gasteiger partial charge in [-0.05, 0) is 60.8 Å². The van der Waals surface area contributed by atoms with Crippen LogP contribution in [0.25, 0.3) is 0 Å². The van der Waals surface area contributed by atoms with E-state index in [1.807, 2.05) is 42.5 Å². The molecule has 1 amide bonds. The molecule has 1 unspecified atom stereocenters. The van der Waals surface area contributed by atoms with Crippen molar-refractivity contribution in [3.05, 3.63) is 59.2 Å². The van der Waals surface area contributed by atoms with Gasteiger partial charge in [-0.15, -0.1) is 0 Å². The fourth-order valence-corrected chi connectivity index (χ4v) is 5.44. The van der Waals surface area contributed by atoms with E-state index in [9.17, 15) is 4.79 Å². The number of ether oxygens (including phenoxy) is 3. The molecule has 5 rings (SSSR count). The fourth-order valence-electron chi connectivity index (χ4n) is 5.44. The van der Waals surface area contributed by atoms with Crippen molar-refractivity contribution in [3.63, 3.8) is 0 Å². The number of benzene rings is 2. The van der Waals surface area contributed by atoms with Gasteiger partial charge in [0.1, 0.15) is 6.61 Å². The van der Waals surface area contributed by atoms with Crippen molar-refractivity contribution in [2.45, 2.75) is 25.4 Å². The molecule has 0 saturated carbocycles. The zero-order chi connectivity index (χ0) is 26.2. The molecule has 3 aliphatic rings. The first-order chi connectivity index (χ1) is 18.7. The van der Waals surface area contributed by atoms with E-state index in [0.29, 0.717) is 23.7 Å². The molecule has 0 spiro atoms. The molecule has 3 aliphatic heterocycles. The zero-order valence-corrected chi connectivity index (χ0v) is 22.3. The maximum atomic E-state index is 12.6. The van der Waals surface area contributed by atoms with Gasteiger partial charge in [0.25, 0.3) is 5.91 Å². The van der Waals surface area contributed by atoms with Crippen molar-refractivity contribution in [2.75, 3.05) is 72.7 Å². The van der Waals surface area contributed by atoms with Crippen molar-refractivity contribution in [2.24, 2.45) is 5.10 Å². The van der Waals surface area contributed by atoms with Gasteiger partial charge < -0.3 is 14.2 Å². The second kappa shape index (κ2) is 13.2. The van der Waals surface area contributed by atoms with Crippen LogP contribution in [-0.4, -0.2) is 106 Å². The molecule has 38 heavy (non-hydrogen) atoms. The molecule has 0 bridgehead atoms. The number of nitrogens with zero attached hydrogens (tertiary/aromatic N) is 4. The molecule has 2 aromatic carbocycles. The van der Waals surface area contributed by atoms with Gasteiger partial charge in [0.2, 0.25) is 0 Å². The van der Waals surface area contributed by atoms with Crippen LogP contribution >= 0.6 is 0 Å². The quantitative estimate of drug-likeness (QED) is 0.380. The molecule has 204 valence electrons. The summed E-state index contributed by atoms with van der Waals surface area (Å²) >= 11 is 0. The molecule has 9 nitrogen and oxygen atoms in total. The van der Waals surface area contributed by atoms with Crippen molar-refractivity contribution >= 4 is 12.1 Å². The lowest BCUT2D eigenvalue weighted by Gasteiger charge is -2.37. The predicted molar refractivity (Wildman–Crippen MR) is 147 cm³/mol. The highest BCUT2D eigenvalue weighted by atomic mass is 16.5. The van der Waals surface area contributed by atoms with Crippen LogP contribution in [0.3, 0.4) is 0 Å². The van der Waals surface area contributed by atoms with Gasteiger partial charge in [-0.2, -0.15) is 5.10 Å². The van der Waals surface area contributed by atoms with Crippen LogP contribution in [0.2, 0.25) is 0 Å². The Morgan fingerprint density at radius 1 is 1.05 bits per heavy atom. The summed E-state index contributed by atoms with van der Waals surface area (Å²) in [4.78, 5) is 20.1. The van der Waals surface area contributed by atoms with Crippen LogP contribution in [0.5, 0.6) is 11.5 Å². The third-order valence-corrected chi connectivity index (χ3v) is 7.63. The molecule has 2 aromatic rings. The Labute approximate surface area is 225 Å². The SMILES string of the molecule is COc1cc(/C=N\NC(=O)c2ccc(CN3CCN4CCCC4C3)cc2)ccc1OCCN1CCOCC1. The van der Waals surface area contributed by atoms with Gasteiger partial charge in [0.15, 0.2) is 11.5 Å². The minimum atomic E-state index is -0.234. The second-order valence-electron chi connectivity index (χ2n) is 10.2. The third kappa shape index (κ3) is 7.11. The van der Waals surface area contributed by atoms with Crippen molar-refractivity contribution < 1.29 is 19.0 Å². The predicted octanol–water partition coefficient (Wildman–Crippen LogP) is 2.45. The van der Waals surface area contributed by atoms with Crippen molar-refractivity contribution in [1.82, 2.24) is 20.1 Å². The Morgan fingerprint density at radius 2 is 1.89 bits per heavy atom. The molecule has 3 saturated heterocycles. The molecule has 0 aliphatic carbocycles. The van der Waals surface area contributed by atoms with Gasteiger partial charge in [0.05, 0.1) is 26.5 Å². The molecule has 3 heterocycles. The van der Waals surface area contributed by atoms with Crippen LogP contribution in [0.15, 0.2) is 47.6 Å². The highest BCUT2D eigenvalue weighted by molar-refractivity contribution is 5.94. The number of rotatable bonds is 10. The summed E-state index contributed by atoms with van der Waals surface area (Å²) in [5.74, 6) is 1.08. The average Bonchev–Trinajstić information content (AvgIpc) is 3.42. The molecule has 0 aromatic heterocycles. The number of amides is 1. The lowest BCUT2D eigenvalue weighted by atomic mass is 10.1. The smallest absolute Gasteiger partial charge is 0.271 e. The summed E-state index contributed by atoms with van der Waals surface area (Å²) in [5, 5.41) is 4.14. The van der Waals surface area contributed by atoms with Gasteiger partial charge in [0, 0.05) is 57.4 Å². The second-order valence-corrected chi connectivity index (χ2v) is 10.2. The Balaban J connectivity index is 1.08. The summed E-state index contributed by atoms with van der Waals surface area (Å²) in [6, 6.07) is 14.2. The van der Waals surface area contributed by atoms with Gasteiger partial charge in [-0.1, -0.05) is 12.1 Å². The first-order valence-corrected chi connectivity index (χ1v) is 13.7. The number of morpholine rings is 1. The van der Waals surface area contributed by atoms with Crippen LogP contribution in [-0.2, 0) is 11.3 Å². The highest BCUT2D eigenvalue weighted by Gasteiger charge is 2.30. The maximum absolute atomic E-state index is 12.6. The van der Waals surface area contributed by atoms with E-state index in [0.717, 1.165) is 64.1 Å². The number of carbonyl (C=O) groups excluding carboxylic acids is 1. The molecule has 3 fully saturated rings. The number of piperazine rings is 1. The van der Waals surface area contributed by atoms with Crippen LogP contribution in [0.1, 0.15) is 34.3 Å². The largest absolute Gasteiger partial charge is 0.493 e. The van der Waals surface area contributed by atoms with E-state index in [1.54, 1.807) is 13.3 Å². The van der Waals surface area contributed by atoms with E-state index in [1.165, 1.54) is 31.5 Å². The van der Waals surface area contributed by atoms with Crippen molar-refractivity contribution in [3.8, 4) is 11.5 Å². The van der Waals surface area contributed by atoms with E-state index >= 15 is 0 Å². The van der Waals surface area contributed by atoms with Gasteiger partial charge >= 0.3 is 0 Å².